The Morgan fingerprint density at radius 1 is 1.45 bits per heavy atom. The summed E-state index contributed by atoms with van der Waals surface area (Å²) in [6.45, 7) is 4.00. The number of hydrogen-bond donors (Lipinski definition) is 1. The van der Waals surface area contributed by atoms with Gasteiger partial charge in [-0.2, -0.15) is 0 Å². The van der Waals surface area contributed by atoms with Crippen LogP contribution in [0.15, 0.2) is 10.5 Å². The predicted molar refractivity (Wildman–Crippen MR) is 50.5 cm³/mol. The van der Waals surface area contributed by atoms with Gasteiger partial charge in [-0.05, 0) is 22.0 Å². The van der Waals surface area contributed by atoms with E-state index in [0.29, 0.717) is 15.4 Å². The first-order valence-electron chi connectivity index (χ1n) is 3.14. The molecule has 2 N–H and O–H groups in total. The van der Waals surface area contributed by atoms with Crippen LogP contribution in [-0.4, -0.2) is 10.2 Å². The monoisotopic (exact) mass is 237 g/mol. The molecule has 11 heavy (non-hydrogen) atoms. The van der Waals surface area contributed by atoms with Gasteiger partial charge in [-0.1, -0.05) is 25.4 Å². The quantitative estimate of drug-likeness (QED) is 0.755. The molecule has 0 bridgehead atoms. The van der Waals surface area contributed by atoms with E-state index in [4.69, 9.17) is 17.3 Å². The van der Waals surface area contributed by atoms with Crippen LogP contribution in [0.5, 0.6) is 0 Å². The normalized spacial score (nSPS) is 8.36. The van der Waals surface area contributed by atoms with Gasteiger partial charge >= 0.3 is 0 Å². The van der Waals surface area contributed by atoms with Gasteiger partial charge in [0.05, 0.1) is 4.47 Å². The van der Waals surface area contributed by atoms with Gasteiger partial charge < -0.3 is 5.73 Å². The average molecular weight is 239 g/mol. The summed E-state index contributed by atoms with van der Waals surface area (Å²) < 4.78 is 0.669. The van der Waals surface area contributed by atoms with Gasteiger partial charge in [-0.25, -0.2) is 0 Å². The molecule has 0 aliphatic heterocycles. The summed E-state index contributed by atoms with van der Waals surface area (Å²) >= 11 is 8.59. The Labute approximate surface area is 79.1 Å². The number of halogens is 2. The molecule has 62 valence electrons. The van der Waals surface area contributed by atoms with Crippen LogP contribution in [0.25, 0.3) is 0 Å². The van der Waals surface area contributed by atoms with Crippen molar-refractivity contribution in [3.05, 3.63) is 15.7 Å². The molecule has 0 spiro atoms. The molecule has 0 aromatic carbocycles. The van der Waals surface area contributed by atoms with Gasteiger partial charge in [0.2, 0.25) is 0 Å². The van der Waals surface area contributed by atoms with E-state index in [0.717, 1.165) is 0 Å². The fraction of sp³-hybridized carbons (Fsp3) is 0.333. The number of nitrogens with two attached hydrogens (primary N) is 1. The lowest BCUT2D eigenvalue weighted by Gasteiger charge is -1.92. The van der Waals surface area contributed by atoms with Crippen LogP contribution in [0.4, 0.5) is 5.82 Å². The summed E-state index contributed by atoms with van der Waals surface area (Å²) in [7, 11) is 0. The summed E-state index contributed by atoms with van der Waals surface area (Å²) in [5.74, 6) is 0.347. The maximum atomic E-state index is 5.46. The molecule has 1 aromatic rings. The topological polar surface area (TPSA) is 51.8 Å². The maximum absolute atomic E-state index is 5.46. The van der Waals surface area contributed by atoms with Crippen molar-refractivity contribution in [2.24, 2.45) is 0 Å². The fourth-order valence-corrected chi connectivity index (χ4v) is 0.932. The SMILES string of the molecule is CC.Nc1nnc(Cl)cc1Br. The zero-order valence-electron chi connectivity index (χ0n) is 6.31. The summed E-state index contributed by atoms with van der Waals surface area (Å²) in [4.78, 5) is 0. The zero-order valence-corrected chi connectivity index (χ0v) is 8.65. The largest absolute Gasteiger partial charge is 0.381 e. The molecule has 0 radical (unpaired) electrons. The Hall–Kier alpha value is -0.350. The lowest BCUT2D eigenvalue weighted by Crippen LogP contribution is -1.93. The van der Waals surface area contributed by atoms with Gasteiger partial charge in [-0.15, -0.1) is 10.2 Å². The lowest BCUT2D eigenvalue weighted by atomic mass is 10.5. The first kappa shape index (κ1) is 10.7. The van der Waals surface area contributed by atoms with Crippen LogP contribution in [0.3, 0.4) is 0 Å². The van der Waals surface area contributed by atoms with E-state index < -0.39 is 0 Å². The van der Waals surface area contributed by atoms with E-state index in [9.17, 15) is 0 Å². The van der Waals surface area contributed by atoms with Crippen molar-refractivity contribution in [3.63, 3.8) is 0 Å². The van der Waals surface area contributed by atoms with Crippen molar-refractivity contribution in [2.75, 3.05) is 5.73 Å². The van der Waals surface area contributed by atoms with E-state index in [2.05, 4.69) is 26.1 Å². The highest BCUT2D eigenvalue weighted by Crippen LogP contribution is 2.17. The molecule has 0 aliphatic carbocycles. The number of nitrogens with zero attached hydrogens (tertiary/aromatic N) is 2. The molecule has 0 saturated heterocycles. The Balaban J connectivity index is 0.000000461. The standard InChI is InChI=1S/C4H3BrClN3.C2H6/c5-2-1-3(6)8-9-4(2)7;1-2/h1H,(H2,7,9);1-2H3. The van der Waals surface area contributed by atoms with Crippen molar-refractivity contribution in [1.82, 2.24) is 10.2 Å². The Morgan fingerprint density at radius 3 is 2.36 bits per heavy atom. The van der Waals surface area contributed by atoms with Crippen molar-refractivity contribution in [2.45, 2.75) is 13.8 Å². The smallest absolute Gasteiger partial charge is 0.160 e. The summed E-state index contributed by atoms with van der Waals surface area (Å²) in [6.07, 6.45) is 0. The van der Waals surface area contributed by atoms with E-state index in [1.165, 1.54) is 0 Å². The molecule has 0 fully saturated rings. The number of aromatic nitrogens is 2. The molecule has 3 nitrogen and oxygen atoms in total. The van der Waals surface area contributed by atoms with Gasteiger partial charge in [0, 0.05) is 0 Å². The second-order valence-corrected chi connectivity index (χ2v) is 2.64. The van der Waals surface area contributed by atoms with E-state index in [1.54, 1.807) is 6.07 Å². The molecule has 0 atom stereocenters. The molecule has 0 aliphatic rings. The Morgan fingerprint density at radius 2 is 2.00 bits per heavy atom. The molecule has 5 heteroatoms. The average Bonchev–Trinajstić information content (AvgIpc) is 2.02. The van der Waals surface area contributed by atoms with Gasteiger partial charge in [0.25, 0.3) is 0 Å². The third-order valence-corrected chi connectivity index (χ3v) is 1.56. The van der Waals surface area contributed by atoms with E-state index in [-0.39, 0.29) is 0 Å². The van der Waals surface area contributed by atoms with Gasteiger partial charge in [0.1, 0.15) is 0 Å². The number of anilines is 1. The van der Waals surface area contributed by atoms with Crippen LogP contribution in [-0.2, 0) is 0 Å². The Bertz CT molecular complexity index is 229. The molecule has 1 aromatic heterocycles. The van der Waals surface area contributed by atoms with Crippen molar-refractivity contribution in [1.29, 1.82) is 0 Å². The van der Waals surface area contributed by atoms with Crippen LogP contribution >= 0.6 is 27.5 Å². The minimum Gasteiger partial charge on any atom is -0.381 e. The van der Waals surface area contributed by atoms with E-state index in [1.807, 2.05) is 13.8 Å². The summed E-state index contributed by atoms with van der Waals surface area (Å²) in [5, 5.41) is 7.36. The predicted octanol–water partition coefficient (Wildman–Crippen LogP) is 2.50. The van der Waals surface area contributed by atoms with Gasteiger partial charge in [0.15, 0.2) is 11.0 Å². The van der Waals surface area contributed by atoms with Gasteiger partial charge in [-0.3, -0.25) is 0 Å². The summed E-state index contributed by atoms with van der Waals surface area (Å²) in [5.41, 5.74) is 5.31. The minimum absolute atomic E-state index is 0.330. The highest BCUT2D eigenvalue weighted by atomic mass is 79.9. The zero-order chi connectivity index (χ0) is 8.85. The molecular formula is C6H9BrClN3. The van der Waals surface area contributed by atoms with E-state index >= 15 is 0 Å². The molecule has 0 saturated carbocycles. The van der Waals surface area contributed by atoms with Crippen molar-refractivity contribution >= 4 is 33.3 Å². The lowest BCUT2D eigenvalue weighted by molar-refractivity contribution is 1.04. The molecule has 0 unspecified atom stereocenters. The minimum atomic E-state index is 0.330. The van der Waals surface area contributed by atoms with Crippen LogP contribution < -0.4 is 5.73 Å². The maximum Gasteiger partial charge on any atom is 0.160 e. The highest BCUT2D eigenvalue weighted by molar-refractivity contribution is 9.10. The highest BCUT2D eigenvalue weighted by Gasteiger charge is 1.96. The molecule has 1 rings (SSSR count). The molecular weight excluding hydrogens is 229 g/mol. The van der Waals surface area contributed by atoms with Crippen LogP contribution in [0.2, 0.25) is 5.15 Å². The van der Waals surface area contributed by atoms with Crippen molar-refractivity contribution < 1.29 is 0 Å². The third kappa shape index (κ3) is 3.53. The van der Waals surface area contributed by atoms with Crippen molar-refractivity contribution in [3.8, 4) is 0 Å². The second-order valence-electron chi connectivity index (χ2n) is 1.40. The first-order valence-corrected chi connectivity index (χ1v) is 4.31. The molecule has 0 amide bonds. The number of rotatable bonds is 0. The number of nitrogen functional groups attached to an aromatic ring is 1. The first-order chi connectivity index (χ1) is 5.20. The second kappa shape index (κ2) is 5.32. The molecule has 1 heterocycles. The Kier molecular flexibility index (Phi) is 5.15. The van der Waals surface area contributed by atoms with Crippen LogP contribution in [0, 0.1) is 0 Å². The fourth-order valence-electron chi connectivity index (χ4n) is 0.357. The number of hydrogen-bond acceptors (Lipinski definition) is 3. The third-order valence-electron chi connectivity index (χ3n) is 0.744. The van der Waals surface area contributed by atoms with Crippen LogP contribution in [0.1, 0.15) is 13.8 Å². The summed E-state index contributed by atoms with van der Waals surface area (Å²) in [6, 6.07) is 1.59.